The van der Waals surface area contributed by atoms with Crippen LogP contribution in [0.25, 0.3) is 5.70 Å². The topological polar surface area (TPSA) is 96.9 Å². The van der Waals surface area contributed by atoms with Crippen LogP contribution in [0.4, 0.5) is 5.69 Å². The van der Waals surface area contributed by atoms with Gasteiger partial charge >= 0.3 is 5.97 Å². The van der Waals surface area contributed by atoms with Crippen LogP contribution in [0.2, 0.25) is 0 Å². The van der Waals surface area contributed by atoms with E-state index in [1.807, 2.05) is 43.3 Å². The highest BCUT2D eigenvalue weighted by Gasteiger charge is 2.14. The minimum Gasteiger partial charge on any atom is -0.481 e. The largest absolute Gasteiger partial charge is 0.481 e. The first-order valence-corrected chi connectivity index (χ1v) is 9.36. The van der Waals surface area contributed by atoms with E-state index in [0.29, 0.717) is 24.4 Å². The highest BCUT2D eigenvalue weighted by molar-refractivity contribution is 5.94. The summed E-state index contributed by atoms with van der Waals surface area (Å²) < 4.78 is 10.7. The van der Waals surface area contributed by atoms with Crippen molar-refractivity contribution in [3.63, 3.8) is 0 Å². The van der Waals surface area contributed by atoms with E-state index < -0.39 is 5.97 Å². The van der Waals surface area contributed by atoms with E-state index in [1.165, 1.54) is 0 Å². The summed E-state index contributed by atoms with van der Waals surface area (Å²) in [6.07, 6.45) is 0.417. The fraction of sp³-hybridized carbons (Fsp3) is 0.273. The lowest BCUT2D eigenvalue weighted by molar-refractivity contribution is -0.137. The van der Waals surface area contributed by atoms with E-state index in [4.69, 9.17) is 14.6 Å². The minimum absolute atomic E-state index is 0.0298. The summed E-state index contributed by atoms with van der Waals surface area (Å²) in [5.74, 6) is 0.328. The third-order valence-corrected chi connectivity index (χ3v) is 4.51. The first kappa shape index (κ1) is 20.3. The molecule has 0 bridgehead atoms. The highest BCUT2D eigenvalue weighted by atomic mass is 16.7. The molecular weight excluding hydrogens is 372 g/mol. The molecule has 2 aromatic carbocycles. The fourth-order valence-corrected chi connectivity index (χ4v) is 2.98. The van der Waals surface area contributed by atoms with Gasteiger partial charge in [0.25, 0.3) is 0 Å². The molecular formula is C22H24N2O5. The summed E-state index contributed by atoms with van der Waals surface area (Å²) >= 11 is 0. The number of hydrogen-bond acceptors (Lipinski definition) is 5. The summed E-state index contributed by atoms with van der Waals surface area (Å²) in [6.45, 7) is 6.85. The molecule has 2 aromatic rings. The van der Waals surface area contributed by atoms with Crippen LogP contribution in [0, 0.1) is 6.92 Å². The number of hydrogen-bond donors (Lipinski definition) is 3. The average Bonchev–Trinajstić information content (AvgIpc) is 3.15. The molecule has 0 saturated heterocycles. The van der Waals surface area contributed by atoms with Crippen molar-refractivity contribution in [2.75, 3.05) is 12.1 Å². The van der Waals surface area contributed by atoms with Gasteiger partial charge in [-0.15, -0.1) is 0 Å². The number of ether oxygens (including phenoxy) is 2. The van der Waals surface area contributed by atoms with Crippen molar-refractivity contribution < 1.29 is 24.2 Å². The summed E-state index contributed by atoms with van der Waals surface area (Å²) in [4.78, 5) is 22.8. The molecule has 0 radical (unpaired) electrons. The van der Waals surface area contributed by atoms with Crippen LogP contribution in [0.5, 0.6) is 11.5 Å². The maximum Gasteiger partial charge on any atom is 0.303 e. The fourth-order valence-electron chi connectivity index (χ4n) is 2.98. The molecule has 7 heteroatoms. The summed E-state index contributed by atoms with van der Waals surface area (Å²) in [5.41, 5.74) is 4.15. The molecule has 1 heterocycles. The van der Waals surface area contributed by atoms with Crippen molar-refractivity contribution in [3.8, 4) is 11.5 Å². The van der Waals surface area contributed by atoms with Gasteiger partial charge in [0.05, 0.1) is 5.69 Å². The van der Waals surface area contributed by atoms with Gasteiger partial charge in [-0.25, -0.2) is 0 Å². The number of nitrogens with one attached hydrogen (secondary N) is 2. The summed E-state index contributed by atoms with van der Waals surface area (Å²) in [6, 6.07) is 11.4. The van der Waals surface area contributed by atoms with Crippen molar-refractivity contribution in [2.24, 2.45) is 0 Å². The van der Waals surface area contributed by atoms with Gasteiger partial charge in [0, 0.05) is 30.6 Å². The number of aliphatic carboxylic acids is 1. The third-order valence-electron chi connectivity index (χ3n) is 4.51. The molecule has 3 rings (SSSR count). The van der Waals surface area contributed by atoms with Gasteiger partial charge < -0.3 is 25.2 Å². The molecule has 0 fully saturated rings. The Labute approximate surface area is 169 Å². The second-order valence-corrected chi connectivity index (χ2v) is 6.86. The van der Waals surface area contributed by atoms with Crippen LogP contribution in [0.1, 0.15) is 36.0 Å². The van der Waals surface area contributed by atoms with Crippen molar-refractivity contribution in [3.05, 3.63) is 59.7 Å². The molecule has 7 nitrogen and oxygen atoms in total. The molecule has 0 aliphatic carbocycles. The van der Waals surface area contributed by atoms with Gasteiger partial charge in [0.1, 0.15) is 0 Å². The monoisotopic (exact) mass is 396 g/mol. The van der Waals surface area contributed by atoms with Crippen molar-refractivity contribution >= 4 is 23.3 Å². The van der Waals surface area contributed by atoms with E-state index in [1.54, 1.807) is 0 Å². The van der Waals surface area contributed by atoms with E-state index in [2.05, 4.69) is 17.2 Å². The van der Waals surface area contributed by atoms with Crippen LogP contribution in [0.15, 0.2) is 43.0 Å². The average molecular weight is 396 g/mol. The normalized spacial score (nSPS) is 11.8. The number of carboxylic acids is 1. The van der Waals surface area contributed by atoms with Crippen LogP contribution < -0.4 is 20.1 Å². The Morgan fingerprint density at radius 3 is 2.69 bits per heavy atom. The zero-order valence-corrected chi connectivity index (χ0v) is 16.3. The van der Waals surface area contributed by atoms with Crippen LogP contribution in [-0.4, -0.2) is 23.8 Å². The number of anilines is 1. The standard InChI is InChI=1S/C22H24N2O5/c1-14-6-8-18(24-21(25)4-3-5-22(26)27)17(10-14)15(2)23-12-16-7-9-19-20(11-16)29-13-28-19/h6-11,23H,2-5,12-13H2,1H3,(H,24,25)(H,26,27). The van der Waals surface area contributed by atoms with Gasteiger partial charge in [-0.2, -0.15) is 0 Å². The van der Waals surface area contributed by atoms with Crippen molar-refractivity contribution in [1.29, 1.82) is 0 Å². The summed E-state index contributed by atoms with van der Waals surface area (Å²) in [7, 11) is 0. The molecule has 3 N–H and O–H groups in total. The zero-order valence-electron chi connectivity index (χ0n) is 16.3. The molecule has 1 aliphatic heterocycles. The molecule has 0 unspecified atom stereocenters. The molecule has 152 valence electrons. The SMILES string of the molecule is C=C(NCc1ccc2c(c1)OCO2)c1cc(C)ccc1NC(=O)CCCC(=O)O. The minimum atomic E-state index is -0.907. The lowest BCUT2D eigenvalue weighted by Gasteiger charge is -2.16. The highest BCUT2D eigenvalue weighted by Crippen LogP contribution is 2.32. The number of aryl methyl sites for hydroxylation is 1. The molecule has 0 spiro atoms. The van der Waals surface area contributed by atoms with Crippen LogP contribution >= 0.6 is 0 Å². The van der Waals surface area contributed by atoms with E-state index >= 15 is 0 Å². The number of carbonyl (C=O) groups is 2. The Kier molecular flexibility index (Phi) is 6.39. The number of benzene rings is 2. The van der Waals surface area contributed by atoms with E-state index in [0.717, 1.165) is 28.2 Å². The van der Waals surface area contributed by atoms with E-state index in [-0.39, 0.29) is 25.5 Å². The quantitative estimate of drug-likeness (QED) is 0.598. The molecule has 1 amide bonds. The van der Waals surface area contributed by atoms with Gasteiger partial charge in [-0.05, 0) is 43.2 Å². The van der Waals surface area contributed by atoms with Gasteiger partial charge in [-0.1, -0.05) is 24.3 Å². The number of fused-ring (bicyclic) bond motifs is 1. The van der Waals surface area contributed by atoms with Gasteiger partial charge in [0.15, 0.2) is 11.5 Å². The second-order valence-electron chi connectivity index (χ2n) is 6.86. The smallest absolute Gasteiger partial charge is 0.303 e. The van der Waals surface area contributed by atoms with Gasteiger partial charge in [-0.3, -0.25) is 9.59 Å². The third kappa shape index (κ3) is 5.51. The molecule has 0 atom stereocenters. The first-order valence-electron chi connectivity index (χ1n) is 9.36. The lowest BCUT2D eigenvalue weighted by Crippen LogP contribution is -2.16. The maximum absolute atomic E-state index is 12.2. The Morgan fingerprint density at radius 1 is 1.10 bits per heavy atom. The Bertz CT molecular complexity index is 939. The van der Waals surface area contributed by atoms with Crippen molar-refractivity contribution in [2.45, 2.75) is 32.7 Å². The molecule has 0 saturated carbocycles. The summed E-state index contributed by atoms with van der Waals surface area (Å²) in [5, 5.41) is 14.8. The van der Waals surface area contributed by atoms with Crippen molar-refractivity contribution in [1.82, 2.24) is 5.32 Å². The van der Waals surface area contributed by atoms with E-state index in [9.17, 15) is 9.59 Å². The Morgan fingerprint density at radius 2 is 1.90 bits per heavy atom. The van der Waals surface area contributed by atoms with Gasteiger partial charge in [0.2, 0.25) is 12.7 Å². The molecule has 1 aliphatic rings. The lowest BCUT2D eigenvalue weighted by atomic mass is 10.1. The number of carboxylic acid groups (broad SMARTS) is 1. The maximum atomic E-state index is 12.2. The number of carbonyl (C=O) groups excluding carboxylic acids is 1. The zero-order chi connectivity index (χ0) is 20.8. The Balaban J connectivity index is 1.64. The second kappa shape index (κ2) is 9.14. The predicted molar refractivity (Wildman–Crippen MR) is 110 cm³/mol. The molecule has 0 aromatic heterocycles. The Hall–Kier alpha value is -3.48. The van der Waals surface area contributed by atoms with Crippen LogP contribution in [-0.2, 0) is 16.1 Å². The molecule has 29 heavy (non-hydrogen) atoms. The van der Waals surface area contributed by atoms with Crippen LogP contribution in [0.3, 0.4) is 0 Å². The number of amides is 1. The number of rotatable bonds is 9. The first-order chi connectivity index (χ1) is 13.9. The predicted octanol–water partition coefficient (Wildman–Crippen LogP) is 3.68.